The van der Waals surface area contributed by atoms with Gasteiger partial charge in [-0.2, -0.15) is 13.2 Å². The zero-order valence-electron chi connectivity index (χ0n) is 12.7. The van der Waals surface area contributed by atoms with Crippen molar-refractivity contribution in [3.8, 4) is 5.75 Å². The fraction of sp³-hybridized carbons (Fsp3) is 0.533. The number of aliphatic hydroxyl groups is 1. The second kappa shape index (κ2) is 7.00. The maximum absolute atomic E-state index is 12.4. The van der Waals surface area contributed by atoms with Gasteiger partial charge in [0.05, 0.1) is 5.56 Å². The van der Waals surface area contributed by atoms with E-state index in [1.54, 1.807) is 20.8 Å². The number of benzene rings is 1. The predicted molar refractivity (Wildman–Crippen MR) is 75.4 cm³/mol. The number of carbonyl (C=O) groups is 1. The van der Waals surface area contributed by atoms with Crippen LogP contribution in [-0.2, 0) is 11.0 Å². The van der Waals surface area contributed by atoms with Gasteiger partial charge in [0.2, 0.25) is 5.91 Å². The molecule has 1 atom stereocenters. The molecule has 0 aromatic heterocycles. The molecule has 22 heavy (non-hydrogen) atoms. The molecule has 0 fully saturated rings. The summed E-state index contributed by atoms with van der Waals surface area (Å²) in [5.74, 6) is 0.00952. The first kappa shape index (κ1) is 18.3. The van der Waals surface area contributed by atoms with Crippen molar-refractivity contribution in [1.29, 1.82) is 0 Å². The fourth-order valence-electron chi connectivity index (χ4n) is 1.47. The minimum Gasteiger partial charge on any atom is -0.491 e. The number of halogens is 3. The molecule has 1 amide bonds. The summed E-state index contributed by atoms with van der Waals surface area (Å²) in [6.45, 7) is 5.11. The largest absolute Gasteiger partial charge is 0.491 e. The molecule has 0 heterocycles. The minimum absolute atomic E-state index is 0.0107. The molecule has 124 valence electrons. The van der Waals surface area contributed by atoms with Crippen molar-refractivity contribution in [2.75, 3.05) is 13.2 Å². The number of rotatable bonds is 5. The quantitative estimate of drug-likeness (QED) is 0.877. The summed E-state index contributed by atoms with van der Waals surface area (Å²) in [6, 6.07) is 4.18. The van der Waals surface area contributed by atoms with Crippen molar-refractivity contribution in [3.63, 3.8) is 0 Å². The summed E-state index contributed by atoms with van der Waals surface area (Å²) >= 11 is 0. The topological polar surface area (TPSA) is 58.6 Å². The Kier molecular flexibility index (Phi) is 5.82. The second-order valence-corrected chi connectivity index (χ2v) is 5.95. The molecular weight excluding hydrogens is 299 g/mol. The second-order valence-electron chi connectivity index (χ2n) is 5.95. The Bertz CT molecular complexity index is 492. The third-order valence-corrected chi connectivity index (χ3v) is 2.80. The number of carbonyl (C=O) groups excluding carboxylic acids is 1. The van der Waals surface area contributed by atoms with E-state index in [0.717, 1.165) is 12.1 Å². The number of nitrogens with one attached hydrogen (secondary N) is 1. The maximum Gasteiger partial charge on any atom is 0.416 e. The predicted octanol–water partition coefficient (Wildman–Crippen LogP) is 2.61. The van der Waals surface area contributed by atoms with E-state index in [2.05, 4.69) is 5.32 Å². The summed E-state index contributed by atoms with van der Waals surface area (Å²) < 4.78 is 42.3. The number of ether oxygens (including phenoxy) is 1. The molecule has 0 aliphatic rings. The molecule has 4 nitrogen and oxygen atoms in total. The lowest BCUT2D eigenvalue weighted by molar-refractivity contribution is -0.137. The number of amides is 1. The van der Waals surface area contributed by atoms with Gasteiger partial charge in [0.1, 0.15) is 18.5 Å². The standard InChI is InChI=1S/C15H20F3NO3/c1-14(2,3)13(21)19-8-11(20)9-22-12-6-4-10(5-7-12)15(16,17)18/h4-7,11,20H,8-9H2,1-3H3,(H,19,21)/t11-/m1/s1. The van der Waals surface area contributed by atoms with Crippen LogP contribution in [0.3, 0.4) is 0 Å². The average molecular weight is 319 g/mol. The van der Waals surface area contributed by atoms with Crippen LogP contribution in [0.1, 0.15) is 26.3 Å². The number of aliphatic hydroxyl groups excluding tert-OH is 1. The van der Waals surface area contributed by atoms with Gasteiger partial charge in [-0.05, 0) is 24.3 Å². The van der Waals surface area contributed by atoms with E-state index in [1.807, 2.05) is 0 Å². The molecule has 0 radical (unpaired) electrons. The van der Waals surface area contributed by atoms with E-state index in [0.29, 0.717) is 0 Å². The Morgan fingerprint density at radius 1 is 1.23 bits per heavy atom. The number of hydrogen-bond acceptors (Lipinski definition) is 3. The molecule has 0 saturated carbocycles. The third kappa shape index (κ3) is 5.93. The van der Waals surface area contributed by atoms with Crippen LogP contribution in [0.4, 0.5) is 13.2 Å². The highest BCUT2D eigenvalue weighted by Crippen LogP contribution is 2.30. The zero-order valence-corrected chi connectivity index (χ0v) is 12.7. The molecule has 0 spiro atoms. The van der Waals surface area contributed by atoms with Crippen LogP contribution in [0.5, 0.6) is 5.75 Å². The summed E-state index contributed by atoms with van der Waals surface area (Å²) in [5, 5.41) is 12.3. The smallest absolute Gasteiger partial charge is 0.416 e. The van der Waals surface area contributed by atoms with Crippen LogP contribution in [0.15, 0.2) is 24.3 Å². The van der Waals surface area contributed by atoms with Crippen LogP contribution >= 0.6 is 0 Å². The highest BCUT2D eigenvalue weighted by molar-refractivity contribution is 5.81. The van der Waals surface area contributed by atoms with E-state index < -0.39 is 23.3 Å². The first-order valence-corrected chi connectivity index (χ1v) is 6.76. The van der Waals surface area contributed by atoms with Gasteiger partial charge in [0.25, 0.3) is 0 Å². The SMILES string of the molecule is CC(C)(C)C(=O)NC[C@@H](O)COc1ccc(C(F)(F)F)cc1. The van der Waals surface area contributed by atoms with Gasteiger partial charge in [-0.25, -0.2) is 0 Å². The Morgan fingerprint density at radius 2 is 1.77 bits per heavy atom. The van der Waals surface area contributed by atoms with E-state index >= 15 is 0 Å². The van der Waals surface area contributed by atoms with Crippen molar-refractivity contribution in [1.82, 2.24) is 5.32 Å². The van der Waals surface area contributed by atoms with Crippen molar-refractivity contribution in [2.45, 2.75) is 33.1 Å². The summed E-state index contributed by atoms with van der Waals surface area (Å²) in [6.07, 6.45) is -5.34. The fourth-order valence-corrected chi connectivity index (χ4v) is 1.47. The Hall–Kier alpha value is -1.76. The van der Waals surface area contributed by atoms with E-state index in [1.165, 1.54) is 12.1 Å². The van der Waals surface area contributed by atoms with Crippen molar-refractivity contribution in [2.24, 2.45) is 5.41 Å². The molecule has 1 aromatic carbocycles. The molecule has 1 rings (SSSR count). The molecule has 0 saturated heterocycles. The molecule has 2 N–H and O–H groups in total. The van der Waals surface area contributed by atoms with Gasteiger partial charge >= 0.3 is 6.18 Å². The third-order valence-electron chi connectivity index (χ3n) is 2.80. The van der Waals surface area contributed by atoms with Crippen molar-refractivity contribution >= 4 is 5.91 Å². The molecule has 1 aromatic rings. The summed E-state index contributed by atoms with van der Waals surface area (Å²) in [5.41, 5.74) is -1.33. The Morgan fingerprint density at radius 3 is 2.23 bits per heavy atom. The molecule has 0 bridgehead atoms. The van der Waals surface area contributed by atoms with Crippen LogP contribution in [0.2, 0.25) is 0 Å². The molecule has 0 aliphatic heterocycles. The first-order chi connectivity index (χ1) is 10.00. The lowest BCUT2D eigenvalue weighted by Crippen LogP contribution is -2.40. The minimum atomic E-state index is -4.39. The monoisotopic (exact) mass is 319 g/mol. The number of alkyl halides is 3. The molecule has 7 heteroatoms. The van der Waals surface area contributed by atoms with Crippen molar-refractivity contribution < 1.29 is 27.8 Å². The highest BCUT2D eigenvalue weighted by Gasteiger charge is 2.30. The van der Waals surface area contributed by atoms with Gasteiger partial charge < -0.3 is 15.2 Å². The summed E-state index contributed by atoms with van der Waals surface area (Å²) in [7, 11) is 0. The normalized spacial score (nSPS) is 13.6. The molecular formula is C15H20F3NO3. The van der Waals surface area contributed by atoms with Gasteiger partial charge in [-0.3, -0.25) is 4.79 Å². The van der Waals surface area contributed by atoms with E-state index in [4.69, 9.17) is 4.74 Å². The van der Waals surface area contributed by atoms with E-state index in [9.17, 15) is 23.1 Å². The van der Waals surface area contributed by atoms with Crippen LogP contribution in [0.25, 0.3) is 0 Å². The van der Waals surface area contributed by atoms with Crippen LogP contribution < -0.4 is 10.1 Å². The first-order valence-electron chi connectivity index (χ1n) is 6.76. The number of hydrogen-bond donors (Lipinski definition) is 2. The van der Waals surface area contributed by atoms with Crippen LogP contribution in [0, 0.1) is 5.41 Å². The molecule has 0 unspecified atom stereocenters. The highest BCUT2D eigenvalue weighted by atomic mass is 19.4. The van der Waals surface area contributed by atoms with Gasteiger partial charge in [0, 0.05) is 12.0 Å². The van der Waals surface area contributed by atoms with Crippen LogP contribution in [-0.4, -0.2) is 30.3 Å². The maximum atomic E-state index is 12.4. The molecule has 0 aliphatic carbocycles. The zero-order chi connectivity index (χ0) is 17.0. The van der Waals surface area contributed by atoms with Gasteiger partial charge in [0.15, 0.2) is 0 Å². The Labute approximate surface area is 127 Å². The van der Waals surface area contributed by atoms with Gasteiger partial charge in [-0.1, -0.05) is 20.8 Å². The lowest BCUT2D eigenvalue weighted by Gasteiger charge is -2.19. The van der Waals surface area contributed by atoms with E-state index in [-0.39, 0.29) is 24.8 Å². The van der Waals surface area contributed by atoms with Gasteiger partial charge in [-0.15, -0.1) is 0 Å². The van der Waals surface area contributed by atoms with Crippen molar-refractivity contribution in [3.05, 3.63) is 29.8 Å². The Balaban J connectivity index is 2.41. The lowest BCUT2D eigenvalue weighted by atomic mass is 9.96. The average Bonchev–Trinajstić information content (AvgIpc) is 2.40. The summed E-state index contributed by atoms with van der Waals surface area (Å²) in [4.78, 5) is 11.6.